The van der Waals surface area contributed by atoms with Gasteiger partial charge in [0, 0.05) is 6.42 Å². The van der Waals surface area contributed by atoms with Crippen LogP contribution < -0.4 is 0 Å². The van der Waals surface area contributed by atoms with Gasteiger partial charge >= 0.3 is 0 Å². The van der Waals surface area contributed by atoms with E-state index in [4.69, 9.17) is 5.10 Å². The number of nitrogens with zero attached hydrogens (tertiary/aromatic N) is 5. The van der Waals surface area contributed by atoms with Gasteiger partial charge in [-0.2, -0.15) is 10.4 Å². The third kappa shape index (κ3) is 3.41. The molecule has 2 heterocycles. The summed E-state index contributed by atoms with van der Waals surface area (Å²) in [6.45, 7) is 4.92. The number of nitriles is 1. The topological polar surface area (TPSA) is 58.9 Å². The van der Waals surface area contributed by atoms with E-state index in [-0.39, 0.29) is 0 Å². The third-order valence-corrected chi connectivity index (χ3v) is 4.97. The van der Waals surface area contributed by atoms with Gasteiger partial charge in [-0.25, -0.2) is 9.50 Å². The van der Waals surface area contributed by atoms with E-state index in [0.717, 1.165) is 54.2 Å². The number of rotatable bonds is 6. The molecule has 2 aromatic carbocycles. The van der Waals surface area contributed by atoms with Crippen molar-refractivity contribution in [2.75, 3.05) is 0 Å². The molecule has 0 unspecified atom stereocenters. The molecule has 0 spiro atoms. The largest absolute Gasteiger partial charge is 0.292 e. The van der Waals surface area contributed by atoms with Gasteiger partial charge in [-0.3, -0.25) is 4.57 Å². The van der Waals surface area contributed by atoms with Gasteiger partial charge in [-0.05, 0) is 36.1 Å². The Balaban J connectivity index is 1.65. The molecule has 5 heteroatoms. The Morgan fingerprint density at radius 3 is 2.61 bits per heavy atom. The summed E-state index contributed by atoms with van der Waals surface area (Å²) in [7, 11) is 0. The van der Waals surface area contributed by atoms with E-state index in [1.54, 1.807) is 0 Å². The minimum Gasteiger partial charge on any atom is -0.292 e. The maximum Gasteiger partial charge on any atom is 0.232 e. The number of hydrogen-bond donors (Lipinski definition) is 0. The van der Waals surface area contributed by atoms with Gasteiger partial charge < -0.3 is 0 Å². The molecule has 0 radical (unpaired) electrons. The summed E-state index contributed by atoms with van der Waals surface area (Å²) < 4.78 is 4.10. The second-order valence-electron chi connectivity index (χ2n) is 7.09. The number of aromatic nitrogens is 4. The SMILES string of the molecule is CCCCc1nn2cc(C)nc2n1Cc1ccc(-c2ccccc2C#N)cc1. The lowest BCUT2D eigenvalue weighted by Gasteiger charge is -2.09. The molecule has 0 aliphatic heterocycles. The molecule has 0 amide bonds. The minimum absolute atomic E-state index is 0.696. The molecule has 2 aromatic heterocycles. The van der Waals surface area contributed by atoms with Crippen molar-refractivity contribution >= 4 is 5.78 Å². The van der Waals surface area contributed by atoms with E-state index in [9.17, 15) is 5.26 Å². The van der Waals surface area contributed by atoms with Gasteiger partial charge in [-0.1, -0.05) is 55.8 Å². The molecule has 0 aliphatic rings. The molecule has 0 atom stereocenters. The molecular formula is C23H23N5. The summed E-state index contributed by atoms with van der Waals surface area (Å²) in [6.07, 6.45) is 5.18. The molecule has 0 N–H and O–H groups in total. The van der Waals surface area contributed by atoms with Crippen LogP contribution in [0.4, 0.5) is 0 Å². The molecule has 28 heavy (non-hydrogen) atoms. The Morgan fingerprint density at radius 2 is 1.86 bits per heavy atom. The normalized spacial score (nSPS) is 11.0. The van der Waals surface area contributed by atoms with Crippen LogP contribution in [-0.2, 0) is 13.0 Å². The molecule has 0 bridgehead atoms. The first kappa shape index (κ1) is 18.0. The summed E-state index contributed by atoms with van der Waals surface area (Å²) in [4.78, 5) is 4.65. The first-order valence-electron chi connectivity index (χ1n) is 9.69. The number of fused-ring (bicyclic) bond motifs is 1. The van der Waals surface area contributed by atoms with Crippen LogP contribution in [0, 0.1) is 18.3 Å². The molecule has 0 saturated heterocycles. The first-order chi connectivity index (χ1) is 13.7. The van der Waals surface area contributed by atoms with Crippen LogP contribution in [0.5, 0.6) is 0 Å². The molecular weight excluding hydrogens is 346 g/mol. The molecule has 0 fully saturated rings. The smallest absolute Gasteiger partial charge is 0.232 e. The van der Waals surface area contributed by atoms with Crippen molar-refractivity contribution in [1.82, 2.24) is 19.2 Å². The lowest BCUT2D eigenvalue weighted by Crippen LogP contribution is -2.06. The summed E-state index contributed by atoms with van der Waals surface area (Å²) >= 11 is 0. The van der Waals surface area contributed by atoms with Crippen molar-refractivity contribution in [3.8, 4) is 17.2 Å². The van der Waals surface area contributed by atoms with Crippen molar-refractivity contribution < 1.29 is 0 Å². The van der Waals surface area contributed by atoms with Crippen LogP contribution in [0.25, 0.3) is 16.9 Å². The Kier molecular flexibility index (Phi) is 4.94. The fraction of sp³-hybridized carbons (Fsp3) is 0.261. The van der Waals surface area contributed by atoms with E-state index >= 15 is 0 Å². The van der Waals surface area contributed by atoms with Crippen molar-refractivity contribution in [3.63, 3.8) is 0 Å². The Bertz CT molecular complexity index is 1140. The Hall–Kier alpha value is -3.39. The van der Waals surface area contributed by atoms with Gasteiger partial charge in [0.05, 0.1) is 30.1 Å². The van der Waals surface area contributed by atoms with Gasteiger partial charge in [0.2, 0.25) is 5.78 Å². The van der Waals surface area contributed by atoms with Gasteiger partial charge in [0.15, 0.2) is 0 Å². The zero-order valence-corrected chi connectivity index (χ0v) is 16.3. The fourth-order valence-electron chi connectivity index (χ4n) is 3.51. The van der Waals surface area contributed by atoms with Crippen LogP contribution in [-0.4, -0.2) is 19.2 Å². The zero-order chi connectivity index (χ0) is 19.5. The van der Waals surface area contributed by atoms with E-state index in [1.807, 2.05) is 41.9 Å². The zero-order valence-electron chi connectivity index (χ0n) is 16.3. The predicted octanol–water partition coefficient (Wildman–Crippen LogP) is 4.77. The number of benzene rings is 2. The number of unbranched alkanes of at least 4 members (excludes halogenated alkanes) is 1. The molecule has 4 rings (SSSR count). The van der Waals surface area contributed by atoms with Crippen molar-refractivity contribution in [1.29, 1.82) is 5.26 Å². The lowest BCUT2D eigenvalue weighted by atomic mass is 9.99. The fourth-order valence-corrected chi connectivity index (χ4v) is 3.51. The highest BCUT2D eigenvalue weighted by Gasteiger charge is 2.13. The second kappa shape index (κ2) is 7.69. The van der Waals surface area contributed by atoms with Gasteiger partial charge in [-0.15, -0.1) is 0 Å². The maximum absolute atomic E-state index is 9.34. The van der Waals surface area contributed by atoms with Crippen LogP contribution in [0.3, 0.4) is 0 Å². The van der Waals surface area contributed by atoms with E-state index < -0.39 is 0 Å². The molecule has 4 aromatic rings. The number of imidazole rings is 1. The Morgan fingerprint density at radius 1 is 1.07 bits per heavy atom. The highest BCUT2D eigenvalue weighted by Crippen LogP contribution is 2.24. The highest BCUT2D eigenvalue weighted by atomic mass is 15.4. The standard InChI is InChI=1S/C23H23N5/c1-3-4-9-22-26-28-15-17(2)25-23(28)27(22)16-18-10-12-19(13-11-18)21-8-6-5-7-20(21)14-24/h5-8,10-13,15H,3-4,9,16H2,1-2H3. The molecule has 140 valence electrons. The van der Waals surface area contributed by atoms with Crippen molar-refractivity contribution in [2.45, 2.75) is 39.7 Å². The van der Waals surface area contributed by atoms with Crippen LogP contribution in [0.1, 0.15) is 42.4 Å². The van der Waals surface area contributed by atoms with Gasteiger partial charge in [0.1, 0.15) is 5.82 Å². The average molecular weight is 369 g/mol. The maximum atomic E-state index is 9.34. The molecule has 0 aliphatic carbocycles. The summed E-state index contributed by atoms with van der Waals surface area (Å²) in [5, 5.41) is 14.1. The minimum atomic E-state index is 0.696. The van der Waals surface area contributed by atoms with Crippen LogP contribution >= 0.6 is 0 Å². The first-order valence-corrected chi connectivity index (χ1v) is 9.69. The van der Waals surface area contributed by atoms with Crippen molar-refractivity contribution in [2.24, 2.45) is 0 Å². The lowest BCUT2D eigenvalue weighted by molar-refractivity contribution is 0.681. The summed E-state index contributed by atoms with van der Waals surface area (Å²) in [5.41, 5.74) is 4.88. The quantitative estimate of drug-likeness (QED) is 0.492. The second-order valence-corrected chi connectivity index (χ2v) is 7.09. The summed E-state index contributed by atoms with van der Waals surface area (Å²) in [5.74, 6) is 1.96. The monoisotopic (exact) mass is 369 g/mol. The summed E-state index contributed by atoms with van der Waals surface area (Å²) in [6, 6.07) is 18.4. The average Bonchev–Trinajstić information content (AvgIpc) is 3.23. The van der Waals surface area contributed by atoms with E-state index in [1.165, 1.54) is 5.56 Å². The Labute approximate surface area is 164 Å². The highest BCUT2D eigenvalue weighted by molar-refractivity contribution is 5.70. The van der Waals surface area contributed by atoms with Crippen LogP contribution in [0.2, 0.25) is 0 Å². The van der Waals surface area contributed by atoms with Crippen molar-refractivity contribution in [3.05, 3.63) is 77.4 Å². The van der Waals surface area contributed by atoms with E-state index in [0.29, 0.717) is 5.56 Å². The molecule has 5 nitrogen and oxygen atoms in total. The predicted molar refractivity (Wildman–Crippen MR) is 110 cm³/mol. The van der Waals surface area contributed by atoms with Crippen LogP contribution in [0.15, 0.2) is 54.7 Å². The van der Waals surface area contributed by atoms with Gasteiger partial charge in [0.25, 0.3) is 0 Å². The third-order valence-electron chi connectivity index (χ3n) is 4.97. The molecule has 0 saturated carbocycles. The van der Waals surface area contributed by atoms with E-state index in [2.05, 4.69) is 46.8 Å². The number of aryl methyl sites for hydroxylation is 2. The number of hydrogen-bond acceptors (Lipinski definition) is 3.